The molecule has 1 saturated heterocycles. The van der Waals surface area contributed by atoms with E-state index in [1.807, 2.05) is 24.3 Å². The molecule has 0 aromatic heterocycles. The summed E-state index contributed by atoms with van der Waals surface area (Å²) < 4.78 is 0. The van der Waals surface area contributed by atoms with Crippen LogP contribution in [0.5, 0.6) is 0 Å². The summed E-state index contributed by atoms with van der Waals surface area (Å²) >= 11 is 5.86. The van der Waals surface area contributed by atoms with Gasteiger partial charge >= 0.3 is 0 Å². The third-order valence-corrected chi connectivity index (χ3v) is 3.53. The Morgan fingerprint density at radius 1 is 1.28 bits per heavy atom. The predicted molar refractivity (Wildman–Crippen MR) is 78.4 cm³/mol. The highest BCUT2D eigenvalue weighted by Crippen LogP contribution is 2.14. The van der Waals surface area contributed by atoms with Crippen LogP contribution in [-0.2, 0) is 0 Å². The van der Waals surface area contributed by atoms with Gasteiger partial charge in [-0.25, -0.2) is 0 Å². The number of hydrogen-bond acceptors (Lipinski definition) is 3. The van der Waals surface area contributed by atoms with Crippen LogP contribution in [0.4, 0.5) is 5.69 Å². The van der Waals surface area contributed by atoms with Gasteiger partial charge in [0.05, 0.1) is 0 Å². The van der Waals surface area contributed by atoms with Crippen LogP contribution in [0.25, 0.3) is 0 Å². The fourth-order valence-electron chi connectivity index (χ4n) is 2.26. The molecular weight excluding hydrogens is 246 g/mol. The van der Waals surface area contributed by atoms with Crippen molar-refractivity contribution in [1.29, 1.82) is 0 Å². The summed E-state index contributed by atoms with van der Waals surface area (Å²) in [5.41, 5.74) is 1.14. The van der Waals surface area contributed by atoms with Crippen LogP contribution in [-0.4, -0.2) is 44.2 Å². The molecule has 0 aliphatic carbocycles. The zero-order valence-electron chi connectivity index (χ0n) is 11.0. The minimum atomic E-state index is 0.652. The smallest absolute Gasteiger partial charge is 0.0407 e. The molecule has 0 spiro atoms. The van der Waals surface area contributed by atoms with Gasteiger partial charge in [0.25, 0.3) is 0 Å². The third-order valence-electron chi connectivity index (χ3n) is 3.28. The Bertz CT molecular complexity index is 347. The second-order valence-corrected chi connectivity index (χ2v) is 5.48. The molecule has 0 radical (unpaired) electrons. The second kappa shape index (κ2) is 6.98. The zero-order valence-corrected chi connectivity index (χ0v) is 11.7. The number of benzene rings is 1. The number of halogens is 1. The van der Waals surface area contributed by atoms with E-state index in [0.29, 0.717) is 5.92 Å². The molecule has 1 aromatic rings. The largest absolute Gasteiger partial charge is 0.385 e. The van der Waals surface area contributed by atoms with Crippen molar-refractivity contribution in [2.75, 3.05) is 44.6 Å². The highest BCUT2D eigenvalue weighted by atomic mass is 35.5. The van der Waals surface area contributed by atoms with Gasteiger partial charge in [0, 0.05) is 50.0 Å². The van der Waals surface area contributed by atoms with E-state index in [1.54, 1.807) is 0 Å². The van der Waals surface area contributed by atoms with Crippen LogP contribution < -0.4 is 10.6 Å². The summed E-state index contributed by atoms with van der Waals surface area (Å²) in [7, 11) is 0. The number of nitrogens with one attached hydrogen (secondary N) is 2. The van der Waals surface area contributed by atoms with E-state index in [2.05, 4.69) is 22.5 Å². The summed E-state index contributed by atoms with van der Waals surface area (Å²) in [6.07, 6.45) is 0. The molecule has 2 rings (SSSR count). The third kappa shape index (κ3) is 4.48. The molecule has 1 atom stereocenters. The van der Waals surface area contributed by atoms with E-state index in [-0.39, 0.29) is 0 Å². The Kier molecular flexibility index (Phi) is 5.29. The lowest BCUT2D eigenvalue weighted by Crippen LogP contribution is -2.45. The Morgan fingerprint density at radius 2 is 1.94 bits per heavy atom. The highest BCUT2D eigenvalue weighted by Gasteiger charge is 2.12. The first-order chi connectivity index (χ1) is 8.74. The average molecular weight is 268 g/mol. The van der Waals surface area contributed by atoms with Crippen molar-refractivity contribution >= 4 is 17.3 Å². The van der Waals surface area contributed by atoms with Gasteiger partial charge in [-0.1, -0.05) is 18.5 Å². The van der Waals surface area contributed by atoms with Crippen LogP contribution >= 0.6 is 11.6 Å². The van der Waals surface area contributed by atoms with Crippen LogP contribution in [0, 0.1) is 5.92 Å². The van der Waals surface area contributed by atoms with Crippen LogP contribution in [0.2, 0.25) is 5.02 Å². The Labute approximate surface area is 115 Å². The fourth-order valence-corrected chi connectivity index (χ4v) is 2.38. The van der Waals surface area contributed by atoms with E-state index < -0.39 is 0 Å². The molecule has 1 aromatic carbocycles. The van der Waals surface area contributed by atoms with Crippen LogP contribution in [0.15, 0.2) is 24.3 Å². The standard InChI is InChI=1S/C14H22ClN3/c1-12(11-18-8-6-16-7-9-18)10-17-14-4-2-13(15)3-5-14/h2-5,12,16-17H,6-11H2,1H3. The molecule has 1 aliphatic heterocycles. The molecule has 1 aliphatic rings. The molecule has 4 heteroatoms. The lowest BCUT2D eigenvalue weighted by atomic mass is 10.1. The maximum absolute atomic E-state index is 5.86. The second-order valence-electron chi connectivity index (χ2n) is 5.04. The first kappa shape index (κ1) is 13.7. The molecule has 3 nitrogen and oxygen atoms in total. The molecule has 100 valence electrons. The van der Waals surface area contributed by atoms with Gasteiger partial charge in [0.1, 0.15) is 0 Å². The van der Waals surface area contributed by atoms with Gasteiger partial charge in [0.2, 0.25) is 0 Å². The summed E-state index contributed by atoms with van der Waals surface area (Å²) in [6, 6.07) is 7.90. The zero-order chi connectivity index (χ0) is 12.8. The van der Waals surface area contributed by atoms with Crippen LogP contribution in [0.3, 0.4) is 0 Å². The fraction of sp³-hybridized carbons (Fsp3) is 0.571. The lowest BCUT2D eigenvalue weighted by Gasteiger charge is -2.29. The highest BCUT2D eigenvalue weighted by molar-refractivity contribution is 6.30. The number of rotatable bonds is 5. The Balaban J connectivity index is 1.70. The van der Waals surface area contributed by atoms with Crippen molar-refractivity contribution in [3.05, 3.63) is 29.3 Å². The summed E-state index contributed by atoms with van der Waals surface area (Å²) in [4.78, 5) is 2.53. The Morgan fingerprint density at radius 3 is 2.61 bits per heavy atom. The molecule has 2 N–H and O–H groups in total. The van der Waals surface area contributed by atoms with Gasteiger partial charge in [-0.15, -0.1) is 0 Å². The topological polar surface area (TPSA) is 27.3 Å². The first-order valence-electron chi connectivity index (χ1n) is 6.66. The maximum Gasteiger partial charge on any atom is 0.0407 e. The molecule has 18 heavy (non-hydrogen) atoms. The van der Waals surface area contributed by atoms with Crippen molar-refractivity contribution < 1.29 is 0 Å². The first-order valence-corrected chi connectivity index (χ1v) is 7.04. The molecular formula is C14H22ClN3. The molecule has 1 unspecified atom stereocenters. The minimum absolute atomic E-state index is 0.652. The Hall–Kier alpha value is -0.770. The van der Waals surface area contributed by atoms with E-state index in [0.717, 1.165) is 30.3 Å². The summed E-state index contributed by atoms with van der Waals surface area (Å²) in [5.74, 6) is 0.652. The average Bonchev–Trinajstić information content (AvgIpc) is 2.39. The molecule has 0 saturated carbocycles. The summed E-state index contributed by atoms with van der Waals surface area (Å²) in [6.45, 7) is 9.06. The van der Waals surface area contributed by atoms with E-state index in [9.17, 15) is 0 Å². The quantitative estimate of drug-likeness (QED) is 0.857. The minimum Gasteiger partial charge on any atom is -0.385 e. The number of anilines is 1. The van der Waals surface area contributed by atoms with Gasteiger partial charge in [-0.3, -0.25) is 0 Å². The number of nitrogens with zero attached hydrogens (tertiary/aromatic N) is 1. The van der Waals surface area contributed by atoms with Crippen molar-refractivity contribution in [2.45, 2.75) is 6.92 Å². The van der Waals surface area contributed by atoms with Gasteiger partial charge in [-0.2, -0.15) is 0 Å². The van der Waals surface area contributed by atoms with Crippen molar-refractivity contribution in [1.82, 2.24) is 10.2 Å². The summed E-state index contributed by atoms with van der Waals surface area (Å²) in [5, 5.41) is 7.63. The monoisotopic (exact) mass is 267 g/mol. The molecule has 1 heterocycles. The van der Waals surface area contributed by atoms with Crippen LogP contribution in [0.1, 0.15) is 6.92 Å². The number of piperazine rings is 1. The van der Waals surface area contributed by atoms with E-state index >= 15 is 0 Å². The SMILES string of the molecule is CC(CNc1ccc(Cl)cc1)CN1CCNCC1. The lowest BCUT2D eigenvalue weighted by molar-refractivity contribution is 0.215. The van der Waals surface area contributed by atoms with E-state index in [1.165, 1.54) is 19.6 Å². The normalized spacial score (nSPS) is 18.6. The van der Waals surface area contributed by atoms with Crippen molar-refractivity contribution in [2.24, 2.45) is 5.92 Å². The molecule has 0 bridgehead atoms. The van der Waals surface area contributed by atoms with Gasteiger partial charge in [0.15, 0.2) is 0 Å². The van der Waals surface area contributed by atoms with Gasteiger partial charge in [-0.05, 0) is 30.2 Å². The van der Waals surface area contributed by atoms with Crippen molar-refractivity contribution in [3.8, 4) is 0 Å². The van der Waals surface area contributed by atoms with Gasteiger partial charge < -0.3 is 15.5 Å². The molecule has 0 amide bonds. The predicted octanol–water partition coefficient (Wildman–Crippen LogP) is 2.29. The van der Waals surface area contributed by atoms with E-state index in [4.69, 9.17) is 11.6 Å². The maximum atomic E-state index is 5.86. The van der Waals surface area contributed by atoms with Crippen molar-refractivity contribution in [3.63, 3.8) is 0 Å². The molecule has 1 fully saturated rings. The number of hydrogen-bond donors (Lipinski definition) is 2.